The monoisotopic (exact) mass is 635 g/mol. The number of nitrogens with zero attached hydrogens (tertiary/aromatic N) is 1. The number of hydrogen-bond acceptors (Lipinski definition) is 6. The molecule has 2 rings (SSSR count). The summed E-state index contributed by atoms with van der Waals surface area (Å²) in [5.41, 5.74) is -3.56. The first-order valence-electron chi connectivity index (χ1n) is 12.1. The molecule has 0 radical (unpaired) electrons. The predicted octanol–water partition coefficient (Wildman–Crippen LogP) is 8.07. The summed E-state index contributed by atoms with van der Waals surface area (Å²) in [5, 5.41) is 4.68. The van der Waals surface area contributed by atoms with Crippen molar-refractivity contribution >= 4 is 75.9 Å². The van der Waals surface area contributed by atoms with Crippen LogP contribution in [0.5, 0.6) is 0 Å². The summed E-state index contributed by atoms with van der Waals surface area (Å²) < 4.78 is 38.9. The van der Waals surface area contributed by atoms with Crippen LogP contribution in [0.4, 0.5) is 35.4 Å². The minimum atomic E-state index is -1.33. The molecule has 2 aromatic carbocycles. The molecular weight excluding hydrogens is 607 g/mol. The normalized spacial score (nSPS) is 11.9. The lowest BCUT2D eigenvalue weighted by Gasteiger charge is -2.29. The number of amides is 4. The van der Waals surface area contributed by atoms with Gasteiger partial charge in [0, 0.05) is 11.8 Å². The van der Waals surface area contributed by atoms with Gasteiger partial charge in [-0.05, 0) is 72.7 Å². The number of nitrogens with one attached hydrogen (secondary N) is 2. The number of halogens is 5. The first kappa shape index (κ1) is 34.1. The summed E-state index contributed by atoms with van der Waals surface area (Å²) in [5.74, 6) is -4.05. The van der Waals surface area contributed by atoms with Crippen LogP contribution in [0.2, 0.25) is 5.02 Å². The lowest BCUT2D eigenvalue weighted by Crippen LogP contribution is -2.44. The van der Waals surface area contributed by atoms with Gasteiger partial charge in [0.05, 0.1) is 28.4 Å². The van der Waals surface area contributed by atoms with Crippen molar-refractivity contribution in [1.29, 1.82) is 0 Å². The highest BCUT2D eigenvalue weighted by molar-refractivity contribution is 6.49. The van der Waals surface area contributed by atoms with Gasteiger partial charge >= 0.3 is 12.2 Å². The van der Waals surface area contributed by atoms with Crippen LogP contribution in [0.1, 0.15) is 65.2 Å². The Morgan fingerprint density at radius 3 is 1.85 bits per heavy atom. The Balaban J connectivity index is 2.47. The lowest BCUT2D eigenvalue weighted by molar-refractivity contribution is -0.116. The summed E-state index contributed by atoms with van der Waals surface area (Å²) in [4.78, 5) is 51.3. The van der Waals surface area contributed by atoms with Crippen LogP contribution in [0.25, 0.3) is 0 Å². The van der Waals surface area contributed by atoms with Gasteiger partial charge in [-0.1, -0.05) is 11.6 Å². The number of hydrogen-bond donors (Lipinski definition) is 2. The number of benzene rings is 2. The molecule has 41 heavy (non-hydrogen) atoms. The fourth-order valence-corrected chi connectivity index (χ4v) is 3.59. The third kappa shape index (κ3) is 10.6. The van der Waals surface area contributed by atoms with E-state index in [1.54, 1.807) is 0 Å². The number of imide groups is 1. The van der Waals surface area contributed by atoms with Crippen LogP contribution in [-0.4, -0.2) is 39.5 Å². The van der Waals surface area contributed by atoms with E-state index in [0.29, 0.717) is 6.07 Å². The molecule has 0 heterocycles. The van der Waals surface area contributed by atoms with E-state index in [9.17, 15) is 28.0 Å². The van der Waals surface area contributed by atoms with Gasteiger partial charge in [0.1, 0.15) is 21.4 Å². The summed E-state index contributed by atoms with van der Waals surface area (Å²) in [7, 11) is 0. The smallest absolute Gasteiger partial charge is 0.424 e. The molecule has 0 aromatic heterocycles. The van der Waals surface area contributed by atoms with E-state index in [0.717, 1.165) is 6.07 Å². The highest BCUT2D eigenvalue weighted by atomic mass is 35.5. The van der Waals surface area contributed by atoms with E-state index in [1.807, 2.05) is 0 Å². The van der Waals surface area contributed by atoms with Crippen molar-refractivity contribution in [3.05, 3.63) is 52.6 Å². The zero-order valence-electron chi connectivity index (χ0n) is 23.4. The van der Waals surface area contributed by atoms with Crippen LogP contribution < -0.4 is 15.5 Å². The first-order chi connectivity index (χ1) is 18.6. The molecule has 0 fully saturated rings. The maximum absolute atomic E-state index is 15.0. The highest BCUT2D eigenvalue weighted by Crippen LogP contribution is 2.31. The molecule has 9 nitrogen and oxygen atoms in total. The number of anilines is 3. The summed E-state index contributed by atoms with van der Waals surface area (Å²) >= 11 is 17.9. The third-order valence-electron chi connectivity index (χ3n) is 4.64. The van der Waals surface area contributed by atoms with Gasteiger partial charge in [0.15, 0.2) is 5.82 Å². The van der Waals surface area contributed by atoms with Crippen molar-refractivity contribution < 1.29 is 37.4 Å². The number of ether oxygens (including phenoxy) is 2. The Morgan fingerprint density at radius 1 is 0.829 bits per heavy atom. The van der Waals surface area contributed by atoms with Crippen molar-refractivity contribution in [2.24, 2.45) is 0 Å². The van der Waals surface area contributed by atoms with Crippen molar-refractivity contribution in [3.63, 3.8) is 0 Å². The van der Waals surface area contributed by atoms with Gasteiger partial charge in [-0.15, -0.1) is 23.2 Å². The topological polar surface area (TPSA) is 114 Å². The lowest BCUT2D eigenvalue weighted by atomic mass is 10.1. The zero-order chi connectivity index (χ0) is 31.5. The molecule has 224 valence electrons. The van der Waals surface area contributed by atoms with Gasteiger partial charge in [-0.2, -0.15) is 4.90 Å². The van der Waals surface area contributed by atoms with Crippen LogP contribution in [0.3, 0.4) is 0 Å². The number of carbonyl (C=O) groups excluding carboxylic acids is 4. The van der Waals surface area contributed by atoms with Crippen LogP contribution in [0, 0.1) is 11.6 Å². The molecule has 2 aromatic rings. The maximum atomic E-state index is 15.0. The van der Waals surface area contributed by atoms with E-state index in [-0.39, 0.29) is 27.6 Å². The number of alkyl halides is 2. The van der Waals surface area contributed by atoms with Crippen molar-refractivity contribution in [1.82, 2.24) is 0 Å². The maximum Gasteiger partial charge on any atom is 0.424 e. The molecule has 0 spiro atoms. The van der Waals surface area contributed by atoms with Crippen LogP contribution in [-0.2, 0) is 14.3 Å². The first-order valence-corrected chi connectivity index (χ1v) is 13.2. The fraction of sp³-hybridized carbons (Fsp3) is 0.407. The average molecular weight is 637 g/mol. The fourth-order valence-electron chi connectivity index (χ4n) is 3.14. The molecule has 0 saturated carbocycles. The van der Waals surface area contributed by atoms with E-state index in [4.69, 9.17) is 44.3 Å². The highest BCUT2D eigenvalue weighted by Gasteiger charge is 2.35. The molecule has 14 heteroatoms. The summed E-state index contributed by atoms with van der Waals surface area (Å²) in [6.45, 7) is 10.6. The van der Waals surface area contributed by atoms with Crippen molar-refractivity contribution in [3.8, 4) is 0 Å². The Bertz CT molecular complexity index is 1320. The minimum Gasteiger partial charge on any atom is -0.443 e. The molecule has 0 saturated heterocycles. The second-order valence-electron chi connectivity index (χ2n) is 11.0. The molecule has 0 aliphatic rings. The number of carbonyl (C=O) groups is 4. The summed E-state index contributed by atoms with van der Waals surface area (Å²) in [6, 6.07) is 5.04. The standard InChI is InChI=1S/C27H30Cl3F2N3O6/c1-25(2,3)40-23(38)35(24(39)41-26(4,5)6)20-12-19(17(31)11-18(20)32)34-22(37)15-10-14(8-9-16(15)28)33-21(36)13-27(7,29)30/h8-12H,13H2,1-7H3,(H,33,36)(H,34,37). The van der Waals surface area contributed by atoms with Crippen LogP contribution in [0.15, 0.2) is 30.3 Å². The molecule has 0 aliphatic carbocycles. The molecule has 0 aliphatic heterocycles. The van der Waals surface area contributed by atoms with Gasteiger partial charge in [0.25, 0.3) is 5.91 Å². The van der Waals surface area contributed by atoms with Crippen molar-refractivity contribution in [2.45, 2.75) is 70.4 Å². The second kappa shape index (κ2) is 12.8. The Labute approximate surface area is 251 Å². The van der Waals surface area contributed by atoms with E-state index >= 15 is 0 Å². The van der Waals surface area contributed by atoms with Crippen LogP contribution >= 0.6 is 34.8 Å². The predicted molar refractivity (Wildman–Crippen MR) is 154 cm³/mol. The largest absolute Gasteiger partial charge is 0.443 e. The van der Waals surface area contributed by atoms with Gasteiger partial charge in [-0.25, -0.2) is 18.4 Å². The Kier molecular flexibility index (Phi) is 10.6. The molecule has 2 N–H and O–H groups in total. The van der Waals surface area contributed by atoms with Crippen molar-refractivity contribution in [2.75, 3.05) is 15.5 Å². The zero-order valence-corrected chi connectivity index (χ0v) is 25.6. The third-order valence-corrected chi connectivity index (χ3v) is 5.24. The molecular formula is C27H30Cl3F2N3O6. The molecule has 4 amide bonds. The van der Waals surface area contributed by atoms with Gasteiger partial charge in [-0.3, -0.25) is 9.59 Å². The SMILES string of the molecule is CC(Cl)(Cl)CC(=O)Nc1ccc(Cl)c(C(=O)Nc2cc(N(C(=O)OC(C)(C)C)C(=O)OC(C)(C)C)c(F)cc2F)c1. The van der Waals surface area contributed by atoms with Gasteiger partial charge < -0.3 is 20.1 Å². The molecule has 0 bridgehead atoms. The van der Waals surface area contributed by atoms with E-state index in [1.165, 1.54) is 66.7 Å². The van der Waals surface area contributed by atoms with Gasteiger partial charge in [0.2, 0.25) is 5.91 Å². The van der Waals surface area contributed by atoms with E-state index in [2.05, 4.69) is 10.6 Å². The molecule has 0 unspecified atom stereocenters. The molecule has 0 atom stereocenters. The number of rotatable bonds is 6. The summed E-state index contributed by atoms with van der Waals surface area (Å²) in [6.07, 6.45) is -2.85. The second-order valence-corrected chi connectivity index (χ2v) is 13.3. The average Bonchev–Trinajstić information content (AvgIpc) is 2.74. The minimum absolute atomic E-state index is 0.0631. The van der Waals surface area contributed by atoms with E-state index < -0.39 is 62.5 Å². The quantitative estimate of drug-likeness (QED) is 0.310. The Morgan fingerprint density at radius 2 is 1.37 bits per heavy atom. The Hall–Kier alpha value is -3.15.